The number of nitrogens with one attached hydrogen (secondary N) is 2. The van der Waals surface area contributed by atoms with Crippen LogP contribution in [0.25, 0.3) is 0 Å². The highest BCUT2D eigenvalue weighted by atomic mass is 127. The van der Waals surface area contributed by atoms with E-state index in [1.165, 1.54) is 22.3 Å². The third-order valence-corrected chi connectivity index (χ3v) is 5.53. The van der Waals surface area contributed by atoms with Crippen molar-refractivity contribution in [2.75, 3.05) is 40.4 Å². The topological polar surface area (TPSA) is 58.1 Å². The number of halogens is 1. The predicted molar refractivity (Wildman–Crippen MR) is 142 cm³/mol. The second kappa shape index (κ2) is 13.6. The van der Waals surface area contributed by atoms with Crippen LogP contribution < -0.4 is 15.4 Å². The fourth-order valence-electron chi connectivity index (χ4n) is 3.96. The van der Waals surface area contributed by atoms with Gasteiger partial charge in [-0.25, -0.2) is 0 Å². The van der Waals surface area contributed by atoms with Gasteiger partial charge in [-0.3, -0.25) is 9.89 Å². The maximum atomic E-state index is 5.65. The SMILES string of the molecule is CN=C(NCCc1cc(C)ccc1OC)NCc1cccc(CN2CCOC(C)C2)c1.I. The van der Waals surface area contributed by atoms with E-state index in [2.05, 4.69) is 70.8 Å². The van der Waals surface area contributed by atoms with Crippen LogP contribution in [0, 0.1) is 6.92 Å². The number of aliphatic imine (C=N–C) groups is 1. The highest BCUT2D eigenvalue weighted by Crippen LogP contribution is 2.19. The molecule has 1 heterocycles. The monoisotopic (exact) mass is 552 g/mol. The van der Waals surface area contributed by atoms with Crippen molar-refractivity contribution in [3.05, 3.63) is 64.7 Å². The number of hydrogen-bond acceptors (Lipinski definition) is 4. The van der Waals surface area contributed by atoms with Gasteiger partial charge >= 0.3 is 0 Å². The zero-order chi connectivity index (χ0) is 22.1. The van der Waals surface area contributed by atoms with E-state index in [-0.39, 0.29) is 24.0 Å². The predicted octanol–water partition coefficient (Wildman–Crippen LogP) is 3.75. The molecule has 32 heavy (non-hydrogen) atoms. The highest BCUT2D eigenvalue weighted by Gasteiger charge is 2.16. The Balaban J connectivity index is 0.00000363. The first-order chi connectivity index (χ1) is 15.1. The quantitative estimate of drug-likeness (QED) is 0.297. The standard InChI is InChI=1S/C25H36N4O2.HI/c1-19-8-9-24(30-4)23(14-19)10-11-27-25(26-3)28-16-21-6-5-7-22(15-21)18-29-12-13-31-20(2)17-29;/h5-9,14-15,20H,10-13,16-18H2,1-4H3,(H2,26,27,28);1H. The van der Waals surface area contributed by atoms with E-state index < -0.39 is 0 Å². The van der Waals surface area contributed by atoms with E-state index in [1.807, 2.05) is 6.07 Å². The van der Waals surface area contributed by atoms with E-state index in [0.29, 0.717) is 6.10 Å². The molecule has 0 saturated carbocycles. The van der Waals surface area contributed by atoms with Gasteiger partial charge in [0.1, 0.15) is 5.75 Å². The Hall–Kier alpha value is -1.84. The fourth-order valence-corrected chi connectivity index (χ4v) is 3.96. The van der Waals surface area contributed by atoms with Crippen LogP contribution in [0.4, 0.5) is 0 Å². The van der Waals surface area contributed by atoms with Crippen LogP contribution in [0.2, 0.25) is 0 Å². The Kier molecular flexibility index (Phi) is 11.3. The van der Waals surface area contributed by atoms with Crippen LogP contribution in [0.15, 0.2) is 47.5 Å². The summed E-state index contributed by atoms with van der Waals surface area (Å²) in [7, 11) is 3.52. The molecule has 1 aliphatic rings. The number of morpholine rings is 1. The largest absolute Gasteiger partial charge is 0.496 e. The minimum atomic E-state index is 0. The Morgan fingerprint density at radius 2 is 2.00 bits per heavy atom. The van der Waals surface area contributed by atoms with E-state index in [0.717, 1.165) is 57.5 Å². The lowest BCUT2D eigenvalue weighted by Gasteiger charge is -2.31. The van der Waals surface area contributed by atoms with Crippen LogP contribution in [0.1, 0.15) is 29.2 Å². The number of hydrogen-bond donors (Lipinski definition) is 2. The molecule has 2 aromatic carbocycles. The normalized spacial score (nSPS) is 16.9. The molecular weight excluding hydrogens is 515 g/mol. The summed E-state index contributed by atoms with van der Waals surface area (Å²) >= 11 is 0. The number of aryl methyl sites for hydroxylation is 1. The fraction of sp³-hybridized carbons (Fsp3) is 0.480. The van der Waals surface area contributed by atoms with E-state index in [9.17, 15) is 0 Å². The van der Waals surface area contributed by atoms with Crippen molar-refractivity contribution in [3.63, 3.8) is 0 Å². The summed E-state index contributed by atoms with van der Waals surface area (Å²) in [4.78, 5) is 6.82. The lowest BCUT2D eigenvalue weighted by Crippen LogP contribution is -2.40. The Labute approximate surface area is 209 Å². The first-order valence-corrected chi connectivity index (χ1v) is 11.1. The smallest absolute Gasteiger partial charge is 0.191 e. The first-order valence-electron chi connectivity index (χ1n) is 11.1. The molecule has 1 saturated heterocycles. The van der Waals surface area contributed by atoms with Gasteiger partial charge in [0.25, 0.3) is 0 Å². The van der Waals surface area contributed by atoms with Crippen molar-refractivity contribution in [2.45, 2.75) is 39.5 Å². The average molecular weight is 553 g/mol. The van der Waals surface area contributed by atoms with Crippen molar-refractivity contribution in [2.24, 2.45) is 4.99 Å². The van der Waals surface area contributed by atoms with Gasteiger partial charge in [-0.1, -0.05) is 42.0 Å². The summed E-state index contributed by atoms with van der Waals surface area (Å²) in [6.45, 7) is 9.53. The molecule has 0 amide bonds. The van der Waals surface area contributed by atoms with Crippen LogP contribution in [0.5, 0.6) is 5.75 Å². The third-order valence-electron chi connectivity index (χ3n) is 5.53. The Morgan fingerprint density at radius 1 is 1.19 bits per heavy atom. The maximum Gasteiger partial charge on any atom is 0.191 e. The molecule has 1 aliphatic heterocycles. The van der Waals surface area contributed by atoms with Crippen molar-refractivity contribution < 1.29 is 9.47 Å². The van der Waals surface area contributed by atoms with E-state index >= 15 is 0 Å². The summed E-state index contributed by atoms with van der Waals surface area (Å²) in [6.07, 6.45) is 1.19. The zero-order valence-corrected chi connectivity index (χ0v) is 22.0. The van der Waals surface area contributed by atoms with Gasteiger partial charge in [0.15, 0.2) is 5.96 Å². The molecule has 2 N–H and O–H groups in total. The molecule has 0 aromatic heterocycles. The molecule has 176 valence electrons. The average Bonchev–Trinajstić information content (AvgIpc) is 2.76. The van der Waals surface area contributed by atoms with Crippen LogP contribution in [-0.2, 0) is 24.2 Å². The summed E-state index contributed by atoms with van der Waals surface area (Å²) in [5.74, 6) is 1.74. The van der Waals surface area contributed by atoms with Crippen molar-refractivity contribution in [3.8, 4) is 5.75 Å². The van der Waals surface area contributed by atoms with Gasteiger partial charge in [0.2, 0.25) is 0 Å². The van der Waals surface area contributed by atoms with Gasteiger partial charge in [-0.05, 0) is 43.0 Å². The molecule has 6 nitrogen and oxygen atoms in total. The molecule has 0 radical (unpaired) electrons. The van der Waals surface area contributed by atoms with Crippen molar-refractivity contribution >= 4 is 29.9 Å². The highest BCUT2D eigenvalue weighted by molar-refractivity contribution is 14.0. The number of benzene rings is 2. The van der Waals surface area contributed by atoms with Crippen LogP contribution >= 0.6 is 24.0 Å². The number of methoxy groups -OCH3 is 1. The molecule has 0 aliphatic carbocycles. The molecule has 2 aromatic rings. The van der Waals surface area contributed by atoms with E-state index in [4.69, 9.17) is 9.47 Å². The van der Waals surface area contributed by atoms with Gasteiger partial charge in [0, 0.05) is 39.8 Å². The van der Waals surface area contributed by atoms with Crippen molar-refractivity contribution in [1.29, 1.82) is 0 Å². The zero-order valence-electron chi connectivity index (χ0n) is 19.7. The molecule has 0 spiro atoms. The first kappa shape index (κ1) is 26.4. The summed E-state index contributed by atoms with van der Waals surface area (Å²) in [5, 5.41) is 6.83. The molecule has 1 unspecified atom stereocenters. The second-order valence-corrected chi connectivity index (χ2v) is 8.15. The van der Waals surface area contributed by atoms with Gasteiger partial charge in [-0.2, -0.15) is 0 Å². The number of rotatable bonds is 8. The van der Waals surface area contributed by atoms with Crippen LogP contribution in [0.3, 0.4) is 0 Å². The molecule has 1 fully saturated rings. The summed E-state index contributed by atoms with van der Waals surface area (Å²) < 4.78 is 11.1. The second-order valence-electron chi connectivity index (χ2n) is 8.15. The number of ether oxygens (including phenoxy) is 2. The maximum absolute atomic E-state index is 5.65. The molecule has 0 bridgehead atoms. The number of nitrogens with zero attached hydrogens (tertiary/aromatic N) is 2. The minimum absolute atomic E-state index is 0. The van der Waals surface area contributed by atoms with Gasteiger partial charge in [0.05, 0.1) is 19.8 Å². The van der Waals surface area contributed by atoms with Gasteiger partial charge < -0.3 is 20.1 Å². The lowest BCUT2D eigenvalue weighted by molar-refractivity contribution is -0.0212. The molecule has 3 rings (SSSR count). The van der Waals surface area contributed by atoms with E-state index in [1.54, 1.807) is 14.2 Å². The number of guanidine groups is 1. The molecule has 1 atom stereocenters. The third kappa shape index (κ3) is 8.26. The van der Waals surface area contributed by atoms with Gasteiger partial charge in [-0.15, -0.1) is 24.0 Å². The van der Waals surface area contributed by atoms with Crippen LogP contribution in [-0.4, -0.2) is 57.4 Å². The Morgan fingerprint density at radius 3 is 2.75 bits per heavy atom. The van der Waals surface area contributed by atoms with Crippen molar-refractivity contribution in [1.82, 2.24) is 15.5 Å². The minimum Gasteiger partial charge on any atom is -0.496 e. The lowest BCUT2D eigenvalue weighted by atomic mass is 10.1. The summed E-state index contributed by atoms with van der Waals surface area (Å²) in [6, 6.07) is 15.0. The molecule has 7 heteroatoms. The summed E-state index contributed by atoms with van der Waals surface area (Å²) in [5.41, 5.74) is 5.03. The molecular formula is C25H37IN4O2. The Bertz CT molecular complexity index is 875.